The fraction of sp³-hybridized carbons (Fsp3) is 0.417. The van der Waals surface area contributed by atoms with Gasteiger partial charge < -0.3 is 24.3 Å². The fourth-order valence-corrected chi connectivity index (χ4v) is 3.95. The van der Waals surface area contributed by atoms with Crippen LogP contribution in [0.2, 0.25) is 0 Å². The van der Waals surface area contributed by atoms with Gasteiger partial charge in [-0.1, -0.05) is 12.1 Å². The maximum absolute atomic E-state index is 12.2. The van der Waals surface area contributed by atoms with Crippen LogP contribution in [0.25, 0.3) is 11.1 Å². The Hall–Kier alpha value is -2.87. The molecule has 0 unspecified atom stereocenters. The number of ether oxygens (including phenoxy) is 4. The number of fused-ring (bicyclic) bond motifs is 1. The van der Waals surface area contributed by atoms with E-state index in [0.717, 1.165) is 16.7 Å². The molecule has 0 saturated heterocycles. The third-order valence-electron chi connectivity index (χ3n) is 5.10. The summed E-state index contributed by atoms with van der Waals surface area (Å²) in [5.74, 6) is 1.76. The zero-order chi connectivity index (χ0) is 23.3. The van der Waals surface area contributed by atoms with Crippen molar-refractivity contribution < 1.29 is 28.5 Å². The molecule has 1 N–H and O–H groups in total. The molecule has 0 radical (unpaired) electrons. The van der Waals surface area contributed by atoms with Crippen molar-refractivity contribution in [3.05, 3.63) is 41.5 Å². The second-order valence-corrected chi connectivity index (χ2v) is 8.94. The topological polar surface area (TPSA) is 83.1 Å². The molecular formula is C24H29NO6S. The van der Waals surface area contributed by atoms with Crippen LogP contribution in [-0.2, 0) is 16.1 Å². The molecule has 0 aromatic heterocycles. The molecule has 1 aliphatic rings. The van der Waals surface area contributed by atoms with Crippen LogP contribution in [0.15, 0.2) is 30.3 Å². The minimum Gasteiger partial charge on any atom is -0.493 e. The van der Waals surface area contributed by atoms with E-state index in [1.165, 1.54) is 0 Å². The van der Waals surface area contributed by atoms with Crippen molar-refractivity contribution in [1.82, 2.24) is 5.32 Å². The number of amides is 1. The first-order valence-electron chi connectivity index (χ1n) is 10.3. The van der Waals surface area contributed by atoms with Crippen LogP contribution in [0.5, 0.6) is 17.2 Å². The number of hydrogen-bond donors (Lipinski definition) is 1. The summed E-state index contributed by atoms with van der Waals surface area (Å²) in [7, 11) is 3.10. The molecule has 0 fully saturated rings. The van der Waals surface area contributed by atoms with Crippen molar-refractivity contribution in [2.45, 2.75) is 32.4 Å². The fourth-order valence-electron chi connectivity index (χ4n) is 3.58. The molecule has 1 amide bonds. The van der Waals surface area contributed by atoms with Crippen molar-refractivity contribution in [2.75, 3.05) is 32.8 Å². The van der Waals surface area contributed by atoms with Gasteiger partial charge in [0.05, 0.1) is 20.6 Å². The predicted octanol–water partition coefficient (Wildman–Crippen LogP) is 4.07. The highest BCUT2D eigenvalue weighted by atomic mass is 32.2. The van der Waals surface area contributed by atoms with Crippen LogP contribution >= 0.6 is 11.8 Å². The normalized spacial score (nSPS) is 12.7. The summed E-state index contributed by atoms with van der Waals surface area (Å²) < 4.78 is 22.9. The Morgan fingerprint density at radius 1 is 1.06 bits per heavy atom. The summed E-state index contributed by atoms with van der Waals surface area (Å²) in [4.78, 5) is 24.3. The number of benzene rings is 2. The van der Waals surface area contributed by atoms with E-state index in [-0.39, 0.29) is 18.5 Å². The maximum atomic E-state index is 12.2. The molecule has 0 aliphatic carbocycles. The van der Waals surface area contributed by atoms with Crippen LogP contribution in [-0.4, -0.2) is 50.3 Å². The molecule has 7 nitrogen and oxygen atoms in total. The lowest BCUT2D eigenvalue weighted by Crippen LogP contribution is -2.35. The molecule has 2 aromatic carbocycles. The highest BCUT2D eigenvalue weighted by molar-refractivity contribution is 7.98. The molecule has 32 heavy (non-hydrogen) atoms. The zero-order valence-corrected chi connectivity index (χ0v) is 19.9. The molecule has 1 aliphatic heterocycles. The monoisotopic (exact) mass is 459 g/mol. The third kappa shape index (κ3) is 5.12. The number of carbonyl (C=O) groups is 2. The van der Waals surface area contributed by atoms with E-state index in [1.54, 1.807) is 52.0 Å². The summed E-state index contributed by atoms with van der Waals surface area (Å²) in [6.45, 7) is 4.16. The lowest BCUT2D eigenvalue weighted by Gasteiger charge is -2.27. The smallest absolute Gasteiger partial charge is 0.307 e. The van der Waals surface area contributed by atoms with Crippen molar-refractivity contribution in [3.63, 3.8) is 0 Å². The molecule has 0 spiro atoms. The van der Waals surface area contributed by atoms with Gasteiger partial charge in [-0.3, -0.25) is 9.59 Å². The van der Waals surface area contributed by atoms with Crippen LogP contribution in [0, 0.1) is 0 Å². The predicted molar refractivity (Wildman–Crippen MR) is 125 cm³/mol. The maximum Gasteiger partial charge on any atom is 0.307 e. The Bertz CT molecular complexity index is 1000. The summed E-state index contributed by atoms with van der Waals surface area (Å²) >= 11 is 1.59. The van der Waals surface area contributed by atoms with Gasteiger partial charge in [-0.2, -0.15) is 11.8 Å². The highest BCUT2D eigenvalue weighted by Gasteiger charge is 2.29. The van der Waals surface area contributed by atoms with Gasteiger partial charge in [0.2, 0.25) is 5.75 Å². The number of carbonyl (C=O) groups excluding carboxylic acids is 2. The van der Waals surface area contributed by atoms with E-state index >= 15 is 0 Å². The quantitative estimate of drug-likeness (QED) is 0.536. The minimum absolute atomic E-state index is 0.0944. The average molecular weight is 460 g/mol. The molecular weight excluding hydrogens is 430 g/mol. The Kier molecular flexibility index (Phi) is 7.56. The van der Waals surface area contributed by atoms with Gasteiger partial charge in [-0.05, 0) is 49.4 Å². The van der Waals surface area contributed by atoms with E-state index < -0.39 is 5.60 Å². The third-order valence-corrected chi connectivity index (χ3v) is 5.71. The number of rotatable bonds is 10. The van der Waals surface area contributed by atoms with Crippen LogP contribution in [0.3, 0.4) is 0 Å². The first-order valence-corrected chi connectivity index (χ1v) is 11.7. The van der Waals surface area contributed by atoms with E-state index in [4.69, 9.17) is 18.9 Å². The van der Waals surface area contributed by atoms with Gasteiger partial charge in [-0.15, -0.1) is 0 Å². The van der Waals surface area contributed by atoms with Gasteiger partial charge in [0, 0.05) is 23.4 Å². The molecule has 2 aromatic rings. The van der Waals surface area contributed by atoms with Crippen LogP contribution in [0.1, 0.15) is 36.2 Å². The van der Waals surface area contributed by atoms with Crippen molar-refractivity contribution in [3.8, 4) is 28.4 Å². The van der Waals surface area contributed by atoms with E-state index in [9.17, 15) is 9.59 Å². The molecule has 0 bridgehead atoms. The molecule has 3 rings (SSSR count). The van der Waals surface area contributed by atoms with Crippen LogP contribution < -0.4 is 19.5 Å². The first kappa shape index (κ1) is 23.8. The summed E-state index contributed by atoms with van der Waals surface area (Å²) in [5.41, 5.74) is 2.33. The van der Waals surface area contributed by atoms with Gasteiger partial charge >= 0.3 is 5.97 Å². The van der Waals surface area contributed by atoms with Crippen molar-refractivity contribution >= 4 is 23.6 Å². The molecule has 0 atom stereocenters. The number of esters is 1. The van der Waals surface area contributed by atoms with Gasteiger partial charge in [0.25, 0.3) is 5.91 Å². The zero-order valence-electron chi connectivity index (χ0n) is 19.1. The van der Waals surface area contributed by atoms with Crippen molar-refractivity contribution in [2.24, 2.45) is 0 Å². The van der Waals surface area contributed by atoms with E-state index in [0.29, 0.717) is 41.5 Å². The van der Waals surface area contributed by atoms with Crippen molar-refractivity contribution in [1.29, 1.82) is 0 Å². The highest BCUT2D eigenvalue weighted by Crippen LogP contribution is 2.46. The Balaban J connectivity index is 1.96. The second kappa shape index (κ2) is 10.2. The largest absolute Gasteiger partial charge is 0.493 e. The van der Waals surface area contributed by atoms with Gasteiger partial charge in [-0.25, -0.2) is 0 Å². The van der Waals surface area contributed by atoms with Gasteiger partial charge in [0.15, 0.2) is 11.5 Å². The summed E-state index contributed by atoms with van der Waals surface area (Å²) in [6, 6.07) is 9.28. The Morgan fingerprint density at radius 2 is 1.81 bits per heavy atom. The minimum atomic E-state index is -0.850. The molecule has 0 saturated carbocycles. The molecule has 172 valence electrons. The molecule has 1 heterocycles. The molecule has 8 heteroatoms. The van der Waals surface area contributed by atoms with Gasteiger partial charge in [0.1, 0.15) is 12.2 Å². The number of hydrogen-bond acceptors (Lipinski definition) is 7. The van der Waals surface area contributed by atoms with E-state index in [2.05, 4.69) is 5.32 Å². The lowest BCUT2D eigenvalue weighted by molar-refractivity contribution is -0.158. The summed E-state index contributed by atoms with van der Waals surface area (Å²) in [5, 5.41) is 2.87. The Labute approximate surface area is 192 Å². The summed E-state index contributed by atoms with van der Waals surface area (Å²) in [6.07, 6.45) is 2.29. The lowest BCUT2D eigenvalue weighted by atomic mass is 9.95. The van der Waals surface area contributed by atoms with E-state index in [1.807, 2.05) is 24.5 Å². The number of nitrogens with one attached hydrogen (secondary N) is 1. The number of thioether (sulfide) groups is 1. The average Bonchev–Trinajstić information content (AvgIpc) is 3.16. The number of methoxy groups -OCH3 is 2. The standard InChI is InChI=1S/C24H29NO6S/c1-24(2,31-20(26)11-12-32-5)14-30-21-16(9-10-19(28-3)22(21)29-4)15-7-6-8-17-18(15)13-25-23(17)27/h6-10H,11-14H2,1-5H3,(H,25,27). The SMILES string of the molecule is COc1ccc(-c2cccc3c2CNC3=O)c(OCC(C)(C)OC(=O)CCSC)c1OC. The van der Waals surface area contributed by atoms with Crippen LogP contribution in [0.4, 0.5) is 0 Å². The Morgan fingerprint density at radius 3 is 2.50 bits per heavy atom. The first-order chi connectivity index (χ1) is 15.3. The second-order valence-electron chi connectivity index (χ2n) is 7.96.